The van der Waals surface area contributed by atoms with Crippen LogP contribution in [0.1, 0.15) is 11.3 Å². The number of aromatic nitrogens is 1. The summed E-state index contributed by atoms with van der Waals surface area (Å²) in [5.41, 5.74) is 11.0. The number of anilines is 2. The summed E-state index contributed by atoms with van der Waals surface area (Å²) < 4.78 is 13.5. The van der Waals surface area contributed by atoms with Gasteiger partial charge in [0.2, 0.25) is 0 Å². The van der Waals surface area contributed by atoms with E-state index in [9.17, 15) is 4.39 Å². The van der Waals surface area contributed by atoms with Gasteiger partial charge in [-0.25, -0.2) is 9.37 Å². The average Bonchev–Trinajstić information content (AvgIpc) is 2.13. The Morgan fingerprint density at radius 2 is 2.15 bits per heavy atom. The maximum atomic E-state index is 13.1. The largest absolute Gasteiger partial charge is 0.396 e. The number of nitriles is 1. The SMILES string of the molecule is N#Cc1nc(N)c(F)c(N)c1CI. The van der Waals surface area contributed by atoms with E-state index < -0.39 is 5.82 Å². The molecule has 0 aromatic carbocycles. The Labute approximate surface area is 87.9 Å². The van der Waals surface area contributed by atoms with Crippen LogP contribution in [0.4, 0.5) is 15.9 Å². The van der Waals surface area contributed by atoms with Crippen molar-refractivity contribution in [2.75, 3.05) is 11.5 Å². The molecule has 0 saturated heterocycles. The molecule has 4 N–H and O–H groups in total. The van der Waals surface area contributed by atoms with Crippen LogP contribution in [0, 0.1) is 17.1 Å². The zero-order chi connectivity index (χ0) is 10.0. The molecular formula is C7H6FIN4. The maximum absolute atomic E-state index is 13.1. The molecule has 0 fully saturated rings. The fourth-order valence-electron chi connectivity index (χ4n) is 0.863. The van der Waals surface area contributed by atoms with Gasteiger partial charge in [0.15, 0.2) is 11.6 Å². The van der Waals surface area contributed by atoms with E-state index in [4.69, 9.17) is 16.7 Å². The first-order valence-corrected chi connectivity index (χ1v) is 4.83. The molecule has 6 heteroatoms. The van der Waals surface area contributed by atoms with Gasteiger partial charge in [0, 0.05) is 9.99 Å². The molecule has 1 aromatic rings. The van der Waals surface area contributed by atoms with Gasteiger partial charge in [0.1, 0.15) is 11.8 Å². The third-order valence-corrected chi connectivity index (χ3v) is 2.31. The summed E-state index contributed by atoms with van der Waals surface area (Å²) in [7, 11) is 0. The van der Waals surface area contributed by atoms with E-state index in [0.717, 1.165) is 0 Å². The Hall–Kier alpha value is -1.10. The molecule has 0 aliphatic carbocycles. The predicted octanol–water partition coefficient (Wildman–Crippen LogP) is 1.19. The number of hydrogen-bond donors (Lipinski definition) is 2. The highest BCUT2D eigenvalue weighted by atomic mass is 127. The van der Waals surface area contributed by atoms with Gasteiger partial charge >= 0.3 is 0 Å². The van der Waals surface area contributed by atoms with E-state index in [0.29, 0.717) is 9.99 Å². The van der Waals surface area contributed by atoms with Crippen molar-refractivity contribution in [2.45, 2.75) is 4.43 Å². The normalized spacial score (nSPS) is 9.62. The van der Waals surface area contributed by atoms with Gasteiger partial charge in [0.25, 0.3) is 0 Å². The average molecular weight is 292 g/mol. The lowest BCUT2D eigenvalue weighted by molar-refractivity contribution is 0.630. The number of rotatable bonds is 1. The van der Waals surface area contributed by atoms with Crippen LogP contribution >= 0.6 is 22.6 Å². The van der Waals surface area contributed by atoms with E-state index in [2.05, 4.69) is 4.98 Å². The molecule has 0 saturated carbocycles. The second-order valence-corrected chi connectivity index (χ2v) is 3.06. The molecule has 0 aliphatic heterocycles. The van der Waals surface area contributed by atoms with E-state index in [-0.39, 0.29) is 17.2 Å². The van der Waals surface area contributed by atoms with Crippen molar-refractivity contribution < 1.29 is 4.39 Å². The maximum Gasteiger partial charge on any atom is 0.188 e. The third-order valence-electron chi connectivity index (χ3n) is 1.54. The highest BCUT2D eigenvalue weighted by Crippen LogP contribution is 2.24. The molecule has 4 nitrogen and oxygen atoms in total. The molecule has 1 rings (SSSR count). The summed E-state index contributed by atoms with van der Waals surface area (Å²) in [4.78, 5) is 3.58. The number of nitrogen functional groups attached to an aromatic ring is 2. The van der Waals surface area contributed by atoms with E-state index in [1.165, 1.54) is 0 Å². The van der Waals surface area contributed by atoms with Gasteiger partial charge in [-0.05, 0) is 0 Å². The quantitative estimate of drug-likeness (QED) is 0.601. The van der Waals surface area contributed by atoms with Crippen LogP contribution < -0.4 is 11.5 Å². The molecule has 0 spiro atoms. The zero-order valence-corrected chi connectivity index (χ0v) is 8.67. The third kappa shape index (κ3) is 1.65. The van der Waals surface area contributed by atoms with E-state index in [1.54, 1.807) is 0 Å². The molecule has 0 bridgehead atoms. The standard InChI is InChI=1S/C7H6FIN4/c8-5-6(11)3(1-9)4(2-10)13-7(5)12/h1H2,(H4,11,12,13). The predicted molar refractivity (Wildman–Crippen MR) is 55.5 cm³/mol. The molecule has 0 aliphatic rings. The van der Waals surface area contributed by atoms with Gasteiger partial charge in [-0.3, -0.25) is 0 Å². The minimum absolute atomic E-state index is 0.0848. The van der Waals surface area contributed by atoms with Crippen molar-refractivity contribution in [3.8, 4) is 6.07 Å². The molecule has 13 heavy (non-hydrogen) atoms. The van der Waals surface area contributed by atoms with Crippen molar-refractivity contribution in [1.82, 2.24) is 4.98 Å². The van der Waals surface area contributed by atoms with Crippen molar-refractivity contribution in [1.29, 1.82) is 5.26 Å². The summed E-state index contributed by atoms with van der Waals surface area (Å²) in [6, 6.07) is 1.81. The molecule has 0 radical (unpaired) electrons. The molecule has 0 amide bonds. The van der Waals surface area contributed by atoms with E-state index in [1.807, 2.05) is 28.7 Å². The molecule has 1 aromatic heterocycles. The second kappa shape index (κ2) is 3.74. The smallest absolute Gasteiger partial charge is 0.188 e. The lowest BCUT2D eigenvalue weighted by Crippen LogP contribution is -2.06. The lowest BCUT2D eigenvalue weighted by atomic mass is 10.2. The summed E-state index contributed by atoms with van der Waals surface area (Å²) in [5, 5.41) is 8.64. The van der Waals surface area contributed by atoms with Crippen LogP contribution in [0.5, 0.6) is 0 Å². The first-order valence-electron chi connectivity index (χ1n) is 3.31. The molecule has 1 heterocycles. The highest BCUT2D eigenvalue weighted by Gasteiger charge is 2.14. The number of pyridine rings is 1. The number of alkyl halides is 1. The summed E-state index contributed by atoms with van der Waals surface area (Å²) >= 11 is 1.98. The van der Waals surface area contributed by atoms with Gasteiger partial charge < -0.3 is 11.5 Å². The van der Waals surface area contributed by atoms with Crippen LogP contribution in [-0.2, 0) is 4.43 Å². The van der Waals surface area contributed by atoms with Gasteiger partial charge in [-0.15, -0.1) is 0 Å². The molecule has 68 valence electrons. The Morgan fingerprint density at radius 1 is 1.54 bits per heavy atom. The fourth-order valence-corrected chi connectivity index (χ4v) is 1.63. The Kier molecular flexibility index (Phi) is 2.87. The van der Waals surface area contributed by atoms with Crippen LogP contribution in [0.15, 0.2) is 0 Å². The van der Waals surface area contributed by atoms with Crippen LogP contribution in [0.25, 0.3) is 0 Å². The Bertz CT molecular complexity index is 385. The number of nitrogens with zero attached hydrogens (tertiary/aromatic N) is 2. The van der Waals surface area contributed by atoms with Gasteiger partial charge in [0.05, 0.1) is 5.69 Å². The molecular weight excluding hydrogens is 286 g/mol. The lowest BCUT2D eigenvalue weighted by Gasteiger charge is -2.06. The second-order valence-electron chi connectivity index (χ2n) is 2.30. The first-order chi connectivity index (χ1) is 6.11. The van der Waals surface area contributed by atoms with Crippen LogP contribution in [0.2, 0.25) is 0 Å². The summed E-state index contributed by atoms with van der Waals surface area (Å²) in [6.45, 7) is 0. The van der Waals surface area contributed by atoms with Crippen LogP contribution in [-0.4, -0.2) is 4.98 Å². The number of halogens is 2. The van der Waals surface area contributed by atoms with Crippen molar-refractivity contribution in [2.24, 2.45) is 0 Å². The fraction of sp³-hybridized carbons (Fsp3) is 0.143. The minimum atomic E-state index is -0.745. The number of hydrogen-bond acceptors (Lipinski definition) is 4. The Morgan fingerprint density at radius 3 is 2.62 bits per heavy atom. The van der Waals surface area contributed by atoms with Crippen molar-refractivity contribution >= 4 is 34.1 Å². The highest BCUT2D eigenvalue weighted by molar-refractivity contribution is 14.1. The number of nitrogens with two attached hydrogens (primary N) is 2. The zero-order valence-electron chi connectivity index (χ0n) is 6.51. The van der Waals surface area contributed by atoms with Gasteiger partial charge in [-0.1, -0.05) is 22.6 Å². The molecule has 0 atom stereocenters. The topological polar surface area (TPSA) is 88.7 Å². The summed E-state index contributed by atoms with van der Waals surface area (Å²) in [5.74, 6) is -1.08. The molecule has 0 unspecified atom stereocenters. The van der Waals surface area contributed by atoms with Crippen molar-refractivity contribution in [3.63, 3.8) is 0 Å². The first kappa shape index (κ1) is 9.98. The summed E-state index contributed by atoms with van der Waals surface area (Å²) in [6.07, 6.45) is 0. The van der Waals surface area contributed by atoms with Gasteiger partial charge in [-0.2, -0.15) is 5.26 Å². The van der Waals surface area contributed by atoms with Crippen molar-refractivity contribution in [3.05, 3.63) is 17.1 Å². The minimum Gasteiger partial charge on any atom is -0.396 e. The van der Waals surface area contributed by atoms with E-state index >= 15 is 0 Å². The monoisotopic (exact) mass is 292 g/mol. The Balaban J connectivity index is 3.50. The van der Waals surface area contributed by atoms with Crippen LogP contribution in [0.3, 0.4) is 0 Å².